The number of hydrogen-bond acceptors (Lipinski definition) is 7. The third-order valence-corrected chi connectivity index (χ3v) is 7.23. The zero-order valence-corrected chi connectivity index (χ0v) is 22.7. The summed E-state index contributed by atoms with van der Waals surface area (Å²) >= 11 is 5.41. The van der Waals surface area contributed by atoms with Crippen molar-refractivity contribution < 1.29 is 18.9 Å². The smallest absolute Gasteiger partial charge is 0.165 e. The molecule has 0 spiro atoms. The number of fused-ring (bicyclic) bond motifs is 1. The first-order valence-electron chi connectivity index (χ1n) is 13.2. The average Bonchev–Trinajstić information content (AvgIpc) is 3.45. The summed E-state index contributed by atoms with van der Waals surface area (Å²) in [5.41, 5.74) is 4.51. The Kier molecular flexibility index (Phi) is 8.36. The van der Waals surface area contributed by atoms with Crippen molar-refractivity contribution >= 4 is 23.4 Å². The number of imidazole rings is 1. The molecule has 40 heavy (non-hydrogen) atoms. The van der Waals surface area contributed by atoms with E-state index in [9.17, 15) is 0 Å². The molecule has 0 unspecified atom stereocenters. The van der Waals surface area contributed by atoms with Crippen LogP contribution in [0.4, 0.5) is 0 Å². The molecule has 1 fully saturated rings. The van der Waals surface area contributed by atoms with Gasteiger partial charge in [-0.05, 0) is 16.7 Å². The molecular weight excluding hydrogens is 524 g/mol. The van der Waals surface area contributed by atoms with Gasteiger partial charge in [-0.2, -0.15) is 0 Å². The second kappa shape index (κ2) is 12.6. The Labute approximate surface area is 237 Å². The van der Waals surface area contributed by atoms with Gasteiger partial charge in [-0.3, -0.25) is 4.57 Å². The van der Waals surface area contributed by atoms with Gasteiger partial charge in [-0.25, -0.2) is 9.97 Å². The summed E-state index contributed by atoms with van der Waals surface area (Å²) in [5, 5.41) is 0. The molecule has 9 heteroatoms. The van der Waals surface area contributed by atoms with Crippen molar-refractivity contribution in [1.82, 2.24) is 19.5 Å². The van der Waals surface area contributed by atoms with Crippen LogP contribution in [0.15, 0.2) is 104 Å². The molecule has 3 aromatic carbocycles. The lowest BCUT2D eigenvalue weighted by Gasteiger charge is -2.42. The number of aromatic nitrogens is 4. The molecule has 2 aromatic heterocycles. The Hall–Kier alpha value is -3.73. The van der Waals surface area contributed by atoms with Crippen molar-refractivity contribution in [3.05, 3.63) is 125 Å². The maximum absolute atomic E-state index is 6.63. The molecule has 0 aliphatic carbocycles. The van der Waals surface area contributed by atoms with Crippen LogP contribution < -0.4 is 0 Å². The molecule has 0 saturated carbocycles. The van der Waals surface area contributed by atoms with Gasteiger partial charge >= 0.3 is 0 Å². The van der Waals surface area contributed by atoms with Crippen LogP contribution in [0, 0.1) is 4.64 Å². The third kappa shape index (κ3) is 6.04. The number of benzene rings is 3. The van der Waals surface area contributed by atoms with Crippen molar-refractivity contribution in [1.29, 1.82) is 0 Å². The van der Waals surface area contributed by atoms with E-state index in [1.165, 1.54) is 0 Å². The highest BCUT2D eigenvalue weighted by molar-refractivity contribution is 7.71. The SMILES string of the molecule is S=c1nc[nH]c2c1ncn2[C@H]1OC[C@@H](OCc2ccccc2)[C@@H](OCc2ccccc2)[C@H]1OCc1ccccc1. The number of H-pyrrole nitrogens is 1. The fourth-order valence-corrected chi connectivity index (χ4v) is 5.10. The highest BCUT2D eigenvalue weighted by Gasteiger charge is 2.44. The molecule has 1 aliphatic rings. The highest BCUT2D eigenvalue weighted by Crippen LogP contribution is 2.33. The second-order valence-corrected chi connectivity index (χ2v) is 10.0. The van der Waals surface area contributed by atoms with Gasteiger partial charge < -0.3 is 23.9 Å². The van der Waals surface area contributed by atoms with Crippen molar-refractivity contribution in [3.8, 4) is 0 Å². The van der Waals surface area contributed by atoms with E-state index < -0.39 is 18.4 Å². The first kappa shape index (κ1) is 26.5. The summed E-state index contributed by atoms with van der Waals surface area (Å²) in [6, 6.07) is 30.3. The van der Waals surface area contributed by atoms with Gasteiger partial charge in [0.1, 0.15) is 29.5 Å². The standard InChI is InChI=1S/C31H30N4O4S/c40-30-26-29(32-20-33-30)35(21-34-26)31-28(38-18-24-14-8-3-9-15-24)27(37-17-23-12-6-2-7-13-23)25(19-39-31)36-16-22-10-4-1-5-11-22/h1-15,20-21,25,27-28,31H,16-19H2,(H,32,33,40)/t25-,27-,28-,31+/m1/s1. The highest BCUT2D eigenvalue weighted by atomic mass is 32.1. The quantitative estimate of drug-likeness (QED) is 0.219. The zero-order chi connectivity index (χ0) is 27.1. The van der Waals surface area contributed by atoms with E-state index in [2.05, 4.69) is 15.0 Å². The minimum atomic E-state index is -0.542. The van der Waals surface area contributed by atoms with Crippen LogP contribution in [-0.4, -0.2) is 44.4 Å². The largest absolute Gasteiger partial charge is 0.368 e. The fourth-order valence-electron chi connectivity index (χ4n) is 4.90. The number of nitrogens with zero attached hydrogens (tertiary/aromatic N) is 3. The average molecular weight is 555 g/mol. The van der Waals surface area contributed by atoms with E-state index in [0.717, 1.165) is 16.7 Å². The molecule has 1 N–H and O–H groups in total. The summed E-state index contributed by atoms with van der Waals surface area (Å²) in [6.45, 7) is 1.54. The number of hydrogen-bond donors (Lipinski definition) is 1. The van der Waals surface area contributed by atoms with Crippen LogP contribution >= 0.6 is 12.2 Å². The van der Waals surface area contributed by atoms with Crippen molar-refractivity contribution in [2.24, 2.45) is 0 Å². The van der Waals surface area contributed by atoms with Crippen molar-refractivity contribution in [2.45, 2.75) is 44.4 Å². The molecule has 6 rings (SSSR count). The first-order chi connectivity index (χ1) is 19.8. The third-order valence-electron chi connectivity index (χ3n) is 6.93. The maximum atomic E-state index is 6.63. The van der Waals surface area contributed by atoms with E-state index in [4.69, 9.17) is 31.2 Å². The molecule has 1 saturated heterocycles. The normalized spacial score (nSPS) is 21.0. The molecule has 1 aliphatic heterocycles. The van der Waals surface area contributed by atoms with Gasteiger partial charge in [0.05, 0.1) is 39.1 Å². The number of aromatic amines is 1. The minimum absolute atomic E-state index is 0.313. The maximum Gasteiger partial charge on any atom is 0.165 e. The van der Waals surface area contributed by atoms with Crippen molar-refractivity contribution in [2.75, 3.05) is 6.61 Å². The van der Waals surface area contributed by atoms with Crippen LogP contribution in [-0.2, 0) is 38.8 Å². The van der Waals surface area contributed by atoms with Crippen LogP contribution in [0.25, 0.3) is 11.2 Å². The lowest BCUT2D eigenvalue weighted by atomic mass is 10.0. The molecule has 0 amide bonds. The molecule has 8 nitrogen and oxygen atoms in total. The monoisotopic (exact) mass is 554 g/mol. The summed E-state index contributed by atoms with van der Waals surface area (Å²) < 4.78 is 28.5. The molecule has 3 heterocycles. The lowest BCUT2D eigenvalue weighted by Crippen LogP contribution is -2.54. The van der Waals surface area contributed by atoms with Gasteiger partial charge in [0.25, 0.3) is 0 Å². The van der Waals surface area contributed by atoms with E-state index >= 15 is 0 Å². The van der Waals surface area contributed by atoms with Gasteiger partial charge in [0.2, 0.25) is 0 Å². The number of nitrogens with one attached hydrogen (secondary N) is 1. The predicted molar refractivity (Wildman–Crippen MR) is 153 cm³/mol. The summed E-state index contributed by atoms with van der Waals surface area (Å²) in [4.78, 5) is 11.9. The van der Waals surface area contributed by atoms with Crippen LogP contribution in [0.2, 0.25) is 0 Å². The van der Waals surface area contributed by atoms with Crippen molar-refractivity contribution in [3.63, 3.8) is 0 Å². The Morgan fingerprint density at radius 2 is 1.30 bits per heavy atom. The number of rotatable bonds is 10. The lowest BCUT2D eigenvalue weighted by molar-refractivity contribution is -0.255. The number of ether oxygens (including phenoxy) is 4. The first-order valence-corrected chi connectivity index (χ1v) is 13.7. The molecule has 0 bridgehead atoms. The van der Waals surface area contributed by atoms with Gasteiger partial charge in [0, 0.05) is 0 Å². The van der Waals surface area contributed by atoms with Crippen LogP contribution in [0.3, 0.4) is 0 Å². The summed E-state index contributed by atoms with van der Waals surface area (Å²) in [6.07, 6.45) is 1.41. The van der Waals surface area contributed by atoms with E-state index in [1.54, 1.807) is 12.7 Å². The van der Waals surface area contributed by atoms with Gasteiger partial charge in [-0.15, -0.1) is 0 Å². The van der Waals surface area contributed by atoms with Gasteiger partial charge in [0.15, 0.2) is 10.9 Å². The van der Waals surface area contributed by atoms with E-state index in [0.29, 0.717) is 42.2 Å². The van der Waals surface area contributed by atoms with E-state index in [1.807, 2.05) is 95.6 Å². The molecular formula is C31H30N4O4S. The second-order valence-electron chi connectivity index (χ2n) is 9.64. The van der Waals surface area contributed by atoms with E-state index in [-0.39, 0.29) is 6.10 Å². The zero-order valence-electron chi connectivity index (χ0n) is 21.8. The topological polar surface area (TPSA) is 83.4 Å². The Balaban J connectivity index is 1.33. The Morgan fingerprint density at radius 1 is 0.750 bits per heavy atom. The summed E-state index contributed by atoms with van der Waals surface area (Å²) in [5.74, 6) is 0. The van der Waals surface area contributed by atoms with Crippen LogP contribution in [0.1, 0.15) is 22.9 Å². The molecule has 4 atom stereocenters. The summed E-state index contributed by atoms with van der Waals surface area (Å²) in [7, 11) is 0. The molecule has 0 radical (unpaired) electrons. The van der Waals surface area contributed by atoms with Crippen LogP contribution in [0.5, 0.6) is 0 Å². The Bertz CT molecular complexity index is 1560. The Morgan fingerprint density at radius 3 is 1.90 bits per heavy atom. The predicted octanol–water partition coefficient (Wildman–Crippen LogP) is 5.77. The molecule has 5 aromatic rings. The van der Waals surface area contributed by atoms with Gasteiger partial charge in [-0.1, -0.05) is 103 Å². The minimum Gasteiger partial charge on any atom is -0.368 e. The fraction of sp³-hybridized carbons (Fsp3) is 0.258. The molecule has 204 valence electrons.